The number of nitrogens with one attached hydrogen (secondary N) is 1. The van der Waals surface area contributed by atoms with Crippen molar-refractivity contribution in [3.05, 3.63) is 44.6 Å². The van der Waals surface area contributed by atoms with Crippen molar-refractivity contribution >= 4 is 45.9 Å². The molecule has 0 fully saturated rings. The highest BCUT2D eigenvalue weighted by atomic mass is 35.5. The standard InChI is InChI=1S/C17H15ClN2O3S2/c1-9-15(25-17(19-9)10-4-5-24-8-10)16(21)20-12-7-13(22-2)11(18)6-14(12)23-3/h4-8H,1-3H3,(H,20,21). The molecule has 25 heavy (non-hydrogen) atoms. The monoisotopic (exact) mass is 394 g/mol. The molecule has 2 aromatic heterocycles. The van der Waals surface area contributed by atoms with Gasteiger partial charge in [-0.25, -0.2) is 4.98 Å². The Morgan fingerprint density at radius 2 is 2.00 bits per heavy atom. The molecule has 0 unspecified atom stereocenters. The van der Waals surface area contributed by atoms with Crippen LogP contribution in [0.1, 0.15) is 15.4 Å². The molecule has 0 aliphatic rings. The summed E-state index contributed by atoms with van der Waals surface area (Å²) in [5.74, 6) is 0.663. The van der Waals surface area contributed by atoms with Crippen molar-refractivity contribution in [3.8, 4) is 22.1 Å². The minimum atomic E-state index is -0.251. The number of hydrogen-bond donors (Lipinski definition) is 1. The summed E-state index contributed by atoms with van der Waals surface area (Å²) in [4.78, 5) is 17.7. The van der Waals surface area contributed by atoms with Crippen molar-refractivity contribution in [3.63, 3.8) is 0 Å². The summed E-state index contributed by atoms with van der Waals surface area (Å²) in [5, 5.41) is 8.07. The van der Waals surface area contributed by atoms with Crippen molar-refractivity contribution in [2.75, 3.05) is 19.5 Å². The largest absolute Gasteiger partial charge is 0.495 e. The smallest absolute Gasteiger partial charge is 0.267 e. The Bertz CT molecular complexity index is 907. The molecular formula is C17H15ClN2O3S2. The van der Waals surface area contributed by atoms with E-state index in [1.54, 1.807) is 23.5 Å². The number of nitrogens with zero attached hydrogens (tertiary/aromatic N) is 1. The molecule has 3 aromatic rings. The van der Waals surface area contributed by atoms with Gasteiger partial charge in [-0.15, -0.1) is 11.3 Å². The summed E-state index contributed by atoms with van der Waals surface area (Å²) in [6, 6.07) is 5.22. The minimum absolute atomic E-state index is 0.251. The number of thiophene rings is 1. The van der Waals surface area contributed by atoms with Crippen molar-refractivity contribution in [2.45, 2.75) is 6.92 Å². The summed E-state index contributed by atoms with van der Waals surface area (Å²) in [7, 11) is 3.03. The maximum absolute atomic E-state index is 12.7. The third-order valence-electron chi connectivity index (χ3n) is 3.49. The van der Waals surface area contributed by atoms with Crippen LogP contribution < -0.4 is 14.8 Å². The fourth-order valence-electron chi connectivity index (χ4n) is 2.25. The maximum Gasteiger partial charge on any atom is 0.267 e. The van der Waals surface area contributed by atoms with Crippen molar-refractivity contribution in [1.82, 2.24) is 4.98 Å². The molecule has 3 rings (SSSR count). The van der Waals surface area contributed by atoms with Crippen LogP contribution in [0.5, 0.6) is 11.5 Å². The molecule has 0 saturated heterocycles. The fraction of sp³-hybridized carbons (Fsp3) is 0.176. The average Bonchev–Trinajstić information content (AvgIpc) is 3.25. The van der Waals surface area contributed by atoms with Crippen molar-refractivity contribution in [2.24, 2.45) is 0 Å². The van der Waals surface area contributed by atoms with Crippen LogP contribution in [-0.2, 0) is 0 Å². The van der Waals surface area contributed by atoms with Crippen LogP contribution in [0.15, 0.2) is 29.0 Å². The second kappa shape index (κ2) is 7.43. The number of amides is 1. The van der Waals surface area contributed by atoms with Gasteiger partial charge < -0.3 is 14.8 Å². The van der Waals surface area contributed by atoms with Crippen LogP contribution in [-0.4, -0.2) is 25.1 Å². The average molecular weight is 395 g/mol. The van der Waals surface area contributed by atoms with Crippen LogP contribution in [0.3, 0.4) is 0 Å². The summed E-state index contributed by atoms with van der Waals surface area (Å²) < 4.78 is 10.5. The summed E-state index contributed by atoms with van der Waals surface area (Å²) >= 11 is 9.05. The number of benzene rings is 1. The normalized spacial score (nSPS) is 10.6. The van der Waals surface area contributed by atoms with Crippen molar-refractivity contribution in [1.29, 1.82) is 0 Å². The molecule has 0 spiro atoms. The number of halogens is 1. The van der Waals surface area contributed by atoms with Gasteiger partial charge in [0.05, 0.1) is 30.6 Å². The Balaban J connectivity index is 1.90. The van der Waals surface area contributed by atoms with Gasteiger partial charge in [0.15, 0.2) is 0 Å². The molecule has 0 aliphatic heterocycles. The third-order valence-corrected chi connectivity index (χ3v) is 5.68. The zero-order valence-electron chi connectivity index (χ0n) is 13.8. The fourth-order valence-corrected chi connectivity index (χ4v) is 4.16. The molecule has 0 atom stereocenters. The van der Waals surface area contributed by atoms with Crippen LogP contribution in [0, 0.1) is 6.92 Å². The minimum Gasteiger partial charge on any atom is -0.495 e. The third kappa shape index (κ3) is 3.63. The lowest BCUT2D eigenvalue weighted by atomic mass is 10.2. The Labute approximate surface area is 158 Å². The summed E-state index contributed by atoms with van der Waals surface area (Å²) in [6.07, 6.45) is 0. The van der Waals surface area contributed by atoms with Gasteiger partial charge in [0.1, 0.15) is 21.4 Å². The van der Waals surface area contributed by atoms with E-state index in [0.29, 0.717) is 32.8 Å². The first-order valence-corrected chi connectivity index (χ1v) is 9.40. The van der Waals surface area contributed by atoms with E-state index < -0.39 is 0 Å². The Kier molecular flexibility index (Phi) is 5.27. The lowest BCUT2D eigenvalue weighted by Gasteiger charge is -2.12. The maximum atomic E-state index is 12.7. The van der Waals surface area contributed by atoms with E-state index >= 15 is 0 Å². The number of rotatable bonds is 5. The lowest BCUT2D eigenvalue weighted by molar-refractivity contribution is 0.102. The van der Waals surface area contributed by atoms with Gasteiger partial charge in [0, 0.05) is 23.1 Å². The van der Waals surface area contributed by atoms with Crippen LogP contribution in [0.2, 0.25) is 5.02 Å². The molecular weight excluding hydrogens is 380 g/mol. The topological polar surface area (TPSA) is 60.5 Å². The second-order valence-electron chi connectivity index (χ2n) is 5.09. The van der Waals surface area contributed by atoms with Gasteiger partial charge in [-0.05, 0) is 18.4 Å². The molecule has 5 nitrogen and oxygen atoms in total. The highest BCUT2D eigenvalue weighted by molar-refractivity contribution is 7.17. The van der Waals surface area contributed by atoms with E-state index in [2.05, 4.69) is 10.3 Å². The van der Waals surface area contributed by atoms with E-state index in [9.17, 15) is 4.79 Å². The van der Waals surface area contributed by atoms with E-state index in [0.717, 1.165) is 10.6 Å². The van der Waals surface area contributed by atoms with Crippen LogP contribution in [0.25, 0.3) is 10.6 Å². The number of aryl methyl sites for hydroxylation is 1. The molecule has 0 aliphatic carbocycles. The number of aromatic nitrogens is 1. The number of carbonyl (C=O) groups is 1. The Morgan fingerprint density at radius 3 is 2.64 bits per heavy atom. The Hall–Kier alpha value is -2.09. The van der Waals surface area contributed by atoms with Crippen LogP contribution >= 0.6 is 34.3 Å². The molecule has 0 bridgehead atoms. The van der Waals surface area contributed by atoms with Gasteiger partial charge in [-0.3, -0.25) is 4.79 Å². The number of anilines is 1. The van der Waals surface area contributed by atoms with Gasteiger partial charge >= 0.3 is 0 Å². The molecule has 130 valence electrons. The number of carbonyl (C=O) groups excluding carboxylic acids is 1. The lowest BCUT2D eigenvalue weighted by Crippen LogP contribution is -2.12. The number of methoxy groups -OCH3 is 2. The quantitative estimate of drug-likeness (QED) is 0.653. The first-order chi connectivity index (χ1) is 12.0. The first-order valence-electron chi connectivity index (χ1n) is 7.26. The van der Waals surface area contributed by atoms with E-state index in [1.165, 1.54) is 25.6 Å². The zero-order chi connectivity index (χ0) is 18.0. The van der Waals surface area contributed by atoms with Gasteiger partial charge in [-0.2, -0.15) is 11.3 Å². The van der Waals surface area contributed by atoms with Crippen LogP contribution in [0.4, 0.5) is 5.69 Å². The zero-order valence-corrected chi connectivity index (χ0v) is 16.1. The Morgan fingerprint density at radius 1 is 1.24 bits per heavy atom. The first kappa shape index (κ1) is 17.7. The van der Waals surface area contributed by atoms with Gasteiger partial charge in [0.25, 0.3) is 5.91 Å². The van der Waals surface area contributed by atoms with E-state index in [4.69, 9.17) is 21.1 Å². The molecule has 2 heterocycles. The summed E-state index contributed by atoms with van der Waals surface area (Å²) in [6.45, 7) is 1.82. The molecule has 0 radical (unpaired) electrons. The molecule has 1 amide bonds. The predicted molar refractivity (Wildman–Crippen MR) is 103 cm³/mol. The van der Waals surface area contributed by atoms with Crippen molar-refractivity contribution < 1.29 is 14.3 Å². The van der Waals surface area contributed by atoms with E-state index in [-0.39, 0.29) is 5.91 Å². The molecule has 1 aromatic carbocycles. The van der Waals surface area contributed by atoms with Gasteiger partial charge in [-0.1, -0.05) is 11.6 Å². The number of hydrogen-bond acceptors (Lipinski definition) is 6. The molecule has 1 N–H and O–H groups in total. The SMILES string of the molecule is COc1cc(NC(=O)c2sc(-c3ccsc3)nc2C)c(OC)cc1Cl. The molecule has 8 heteroatoms. The molecule has 0 saturated carbocycles. The predicted octanol–water partition coefficient (Wildman–Crippen LogP) is 5.10. The highest BCUT2D eigenvalue weighted by Gasteiger charge is 2.19. The van der Waals surface area contributed by atoms with E-state index in [1.807, 2.05) is 23.8 Å². The van der Waals surface area contributed by atoms with Gasteiger partial charge in [0.2, 0.25) is 0 Å². The second-order valence-corrected chi connectivity index (χ2v) is 7.27. The number of ether oxygens (including phenoxy) is 2. The number of thiazole rings is 1. The highest BCUT2D eigenvalue weighted by Crippen LogP contribution is 2.37. The summed E-state index contributed by atoms with van der Waals surface area (Å²) in [5.41, 5.74) is 2.19.